The fourth-order valence-corrected chi connectivity index (χ4v) is 1.22. The maximum atomic E-state index is 12.6. The van der Waals surface area contributed by atoms with Crippen LogP contribution in [0.2, 0.25) is 0 Å². The van der Waals surface area contributed by atoms with E-state index in [-0.39, 0.29) is 0 Å². The average molecular weight is 267 g/mol. The predicted octanol–water partition coefficient (Wildman–Crippen LogP) is 2.32. The molecule has 0 N–H and O–H groups in total. The normalized spacial score (nSPS) is 10.4. The molecule has 0 atom stereocenters. The Morgan fingerprint density at radius 3 is 2.59 bits per heavy atom. The van der Waals surface area contributed by atoms with Gasteiger partial charge in [-0.3, -0.25) is 14.9 Å². The lowest BCUT2D eigenvalue weighted by Crippen LogP contribution is -2.06. The van der Waals surface area contributed by atoms with Crippen LogP contribution in [-0.2, 0) is 0 Å². The lowest BCUT2D eigenvalue weighted by atomic mass is 10.2. The first-order valence-electron chi connectivity index (χ1n) is 4.09. The van der Waals surface area contributed by atoms with E-state index in [1.165, 1.54) is 0 Å². The highest BCUT2D eigenvalue weighted by Crippen LogP contribution is 2.36. The number of hydrogen-bond donors (Lipinski definition) is 0. The van der Waals surface area contributed by atoms with Crippen LogP contribution in [-0.4, -0.2) is 22.3 Å². The Bertz CT molecular complexity index is 481. The summed E-state index contributed by atoms with van der Waals surface area (Å²) in [6.45, 7) is 0. The highest BCUT2D eigenvalue weighted by atomic mass is 35.5. The van der Waals surface area contributed by atoms with Crippen molar-refractivity contribution in [3.8, 4) is 5.75 Å². The van der Waals surface area contributed by atoms with E-state index in [1.54, 1.807) is 0 Å². The third kappa shape index (κ3) is 2.64. The molecule has 0 saturated heterocycles. The number of carbonyl (C=O) groups is 1. The van der Waals surface area contributed by atoms with Crippen molar-refractivity contribution in [2.75, 3.05) is 7.11 Å². The molecule has 0 fully saturated rings. The molecule has 0 saturated carbocycles. The number of pyridine rings is 1. The molecular formula is C8H5ClF2N2O4. The van der Waals surface area contributed by atoms with Gasteiger partial charge in [-0.25, -0.2) is 13.8 Å². The number of hydrogen-bond acceptors (Lipinski definition) is 5. The molecule has 0 unspecified atom stereocenters. The highest BCUT2D eigenvalue weighted by molar-refractivity contribution is 6.67. The van der Waals surface area contributed by atoms with Crippen LogP contribution >= 0.6 is 11.6 Å². The van der Waals surface area contributed by atoms with Crippen molar-refractivity contribution in [1.82, 2.24) is 4.98 Å². The van der Waals surface area contributed by atoms with E-state index in [0.29, 0.717) is 0 Å². The van der Waals surface area contributed by atoms with E-state index in [0.717, 1.165) is 13.2 Å². The fraction of sp³-hybridized carbons (Fsp3) is 0.250. The maximum Gasteiger partial charge on any atom is 0.338 e. The van der Waals surface area contributed by atoms with Crippen molar-refractivity contribution in [3.63, 3.8) is 0 Å². The minimum Gasteiger partial charge on any atom is -0.490 e. The third-order valence-electron chi connectivity index (χ3n) is 1.80. The summed E-state index contributed by atoms with van der Waals surface area (Å²) in [5, 5.41) is 9.51. The van der Waals surface area contributed by atoms with Gasteiger partial charge >= 0.3 is 5.69 Å². The van der Waals surface area contributed by atoms with Crippen LogP contribution in [0.3, 0.4) is 0 Å². The molecule has 1 aromatic rings. The summed E-state index contributed by atoms with van der Waals surface area (Å²) >= 11 is 5.07. The standard InChI is InChI=1S/C8H5ClF2N2O4/c1-17-4-2-3(7(9)14)12-5(8(10)11)6(4)13(15)16/h2,8H,1H3. The molecule has 0 spiro atoms. The molecular weight excluding hydrogens is 262 g/mol. The number of nitrogens with zero attached hydrogens (tertiary/aromatic N) is 2. The van der Waals surface area contributed by atoms with Crippen LogP contribution in [0.1, 0.15) is 22.6 Å². The van der Waals surface area contributed by atoms with E-state index in [2.05, 4.69) is 9.72 Å². The number of rotatable bonds is 4. The van der Waals surface area contributed by atoms with Gasteiger partial charge in [-0.15, -0.1) is 0 Å². The average Bonchev–Trinajstić information content (AvgIpc) is 2.26. The number of alkyl halides is 2. The second kappa shape index (κ2) is 5.00. The molecule has 0 radical (unpaired) electrons. The van der Waals surface area contributed by atoms with E-state index in [4.69, 9.17) is 11.6 Å². The van der Waals surface area contributed by atoms with Crippen LogP contribution < -0.4 is 4.74 Å². The van der Waals surface area contributed by atoms with Crippen molar-refractivity contribution in [2.24, 2.45) is 0 Å². The molecule has 0 aromatic carbocycles. The number of aromatic nitrogens is 1. The first-order valence-corrected chi connectivity index (χ1v) is 4.47. The van der Waals surface area contributed by atoms with Crippen molar-refractivity contribution in [2.45, 2.75) is 6.43 Å². The summed E-state index contributed by atoms with van der Waals surface area (Å²) in [5.74, 6) is -0.496. The zero-order chi connectivity index (χ0) is 13.2. The number of methoxy groups -OCH3 is 1. The first-order chi connectivity index (χ1) is 7.88. The Labute approximate surface area is 98.3 Å². The molecule has 92 valence electrons. The summed E-state index contributed by atoms with van der Waals surface area (Å²) < 4.78 is 29.7. The number of nitro groups is 1. The quantitative estimate of drug-likeness (QED) is 0.474. The summed E-state index contributed by atoms with van der Waals surface area (Å²) in [6.07, 6.45) is -3.22. The molecule has 0 aliphatic heterocycles. The van der Waals surface area contributed by atoms with Gasteiger partial charge in [-0.2, -0.15) is 0 Å². The minimum absolute atomic E-state index is 0.496. The van der Waals surface area contributed by atoms with Crippen LogP contribution in [0.25, 0.3) is 0 Å². The molecule has 1 heterocycles. The van der Waals surface area contributed by atoms with Gasteiger partial charge < -0.3 is 4.74 Å². The van der Waals surface area contributed by atoms with Crippen LogP contribution in [0.4, 0.5) is 14.5 Å². The van der Waals surface area contributed by atoms with Gasteiger partial charge in [0.15, 0.2) is 5.69 Å². The van der Waals surface area contributed by atoms with Crippen LogP contribution in [0.5, 0.6) is 5.75 Å². The fourth-order valence-electron chi connectivity index (χ4n) is 1.13. The molecule has 1 aromatic heterocycles. The number of carbonyl (C=O) groups excluding carboxylic acids is 1. The molecule has 6 nitrogen and oxygen atoms in total. The van der Waals surface area contributed by atoms with Crippen molar-refractivity contribution >= 4 is 22.5 Å². The number of halogens is 3. The lowest BCUT2D eigenvalue weighted by Gasteiger charge is -2.07. The topological polar surface area (TPSA) is 82.3 Å². The van der Waals surface area contributed by atoms with Crippen molar-refractivity contribution in [1.29, 1.82) is 0 Å². The third-order valence-corrected chi connectivity index (χ3v) is 1.99. The van der Waals surface area contributed by atoms with Crippen LogP contribution in [0, 0.1) is 10.1 Å². The Morgan fingerprint density at radius 2 is 2.24 bits per heavy atom. The zero-order valence-corrected chi connectivity index (χ0v) is 9.07. The maximum absolute atomic E-state index is 12.6. The van der Waals surface area contributed by atoms with Gasteiger partial charge in [0.05, 0.1) is 12.0 Å². The van der Waals surface area contributed by atoms with Gasteiger partial charge in [0.1, 0.15) is 5.69 Å². The molecule has 0 aliphatic rings. The van der Waals surface area contributed by atoms with Gasteiger partial charge in [0.25, 0.3) is 11.7 Å². The summed E-state index contributed by atoms with van der Waals surface area (Å²) in [4.78, 5) is 23.5. The Morgan fingerprint density at radius 1 is 1.65 bits per heavy atom. The molecule has 0 amide bonds. The zero-order valence-electron chi connectivity index (χ0n) is 8.32. The second-order valence-corrected chi connectivity index (χ2v) is 3.12. The monoisotopic (exact) mass is 266 g/mol. The first kappa shape index (κ1) is 13.2. The van der Waals surface area contributed by atoms with Gasteiger partial charge in [0, 0.05) is 6.07 Å². The predicted molar refractivity (Wildman–Crippen MR) is 52.6 cm³/mol. The summed E-state index contributed by atoms with van der Waals surface area (Å²) in [7, 11) is 1.04. The highest BCUT2D eigenvalue weighted by Gasteiger charge is 2.30. The smallest absolute Gasteiger partial charge is 0.338 e. The van der Waals surface area contributed by atoms with E-state index >= 15 is 0 Å². The van der Waals surface area contributed by atoms with E-state index in [9.17, 15) is 23.7 Å². The van der Waals surface area contributed by atoms with Crippen molar-refractivity contribution in [3.05, 3.63) is 27.6 Å². The second-order valence-electron chi connectivity index (χ2n) is 2.78. The Balaban J connectivity index is 3.57. The SMILES string of the molecule is COc1cc(C(=O)Cl)nc(C(F)F)c1[N+](=O)[O-]. The molecule has 0 bridgehead atoms. The van der Waals surface area contributed by atoms with E-state index < -0.39 is 39.4 Å². The van der Waals surface area contributed by atoms with Crippen LogP contribution in [0.15, 0.2) is 6.07 Å². The minimum atomic E-state index is -3.22. The Kier molecular flexibility index (Phi) is 3.89. The summed E-state index contributed by atoms with van der Waals surface area (Å²) in [5.41, 5.74) is -2.67. The largest absolute Gasteiger partial charge is 0.490 e. The van der Waals surface area contributed by atoms with Crippen molar-refractivity contribution < 1.29 is 23.2 Å². The molecule has 9 heteroatoms. The van der Waals surface area contributed by atoms with Gasteiger partial charge in [0.2, 0.25) is 5.75 Å². The van der Waals surface area contributed by atoms with Gasteiger partial charge in [-0.1, -0.05) is 0 Å². The number of ether oxygens (including phenoxy) is 1. The summed E-state index contributed by atoms with van der Waals surface area (Å²) in [6, 6.07) is 0.833. The Hall–Kier alpha value is -1.83. The molecule has 1 rings (SSSR count). The molecule has 0 aliphatic carbocycles. The lowest BCUT2D eigenvalue weighted by molar-refractivity contribution is -0.387. The van der Waals surface area contributed by atoms with E-state index in [1.807, 2.05) is 0 Å². The molecule has 17 heavy (non-hydrogen) atoms. The van der Waals surface area contributed by atoms with Gasteiger partial charge in [-0.05, 0) is 11.6 Å².